The molecule has 0 aliphatic carbocycles. The molecule has 0 fully saturated rings. The number of carbonyl (C=O) groups is 1. The van der Waals surface area contributed by atoms with Crippen molar-refractivity contribution in [3.8, 4) is 0 Å². The molecule has 0 bridgehead atoms. The quantitative estimate of drug-likeness (QED) is 0.826. The highest BCUT2D eigenvalue weighted by atomic mass is 16.1. The van der Waals surface area contributed by atoms with E-state index in [0.717, 1.165) is 32.5 Å². The fourth-order valence-electron chi connectivity index (χ4n) is 2.32. The van der Waals surface area contributed by atoms with Crippen molar-refractivity contribution in [2.45, 2.75) is 19.4 Å². The molecule has 1 aliphatic rings. The van der Waals surface area contributed by atoms with Gasteiger partial charge in [0.05, 0.1) is 5.92 Å². The number of amides is 1. The lowest BCUT2D eigenvalue weighted by Gasteiger charge is -2.26. The van der Waals surface area contributed by atoms with Gasteiger partial charge in [-0.25, -0.2) is 0 Å². The first-order chi connectivity index (χ1) is 8.75. The van der Waals surface area contributed by atoms with Gasteiger partial charge in [0, 0.05) is 19.6 Å². The lowest BCUT2D eigenvalue weighted by molar-refractivity contribution is -0.122. The minimum Gasteiger partial charge on any atom is -0.369 e. The molecule has 18 heavy (non-hydrogen) atoms. The molecule has 1 aromatic carbocycles. The molecule has 1 atom stereocenters. The SMILES string of the molecule is NC(=O)C1CC/C=C\CN(Cc2ccccc2)C1. The van der Waals surface area contributed by atoms with Crippen molar-refractivity contribution < 1.29 is 4.79 Å². The Kier molecular flexibility index (Phi) is 4.53. The summed E-state index contributed by atoms with van der Waals surface area (Å²) in [6.45, 7) is 2.52. The van der Waals surface area contributed by atoms with E-state index >= 15 is 0 Å². The van der Waals surface area contributed by atoms with Crippen molar-refractivity contribution in [1.29, 1.82) is 0 Å². The Hall–Kier alpha value is -1.61. The van der Waals surface area contributed by atoms with E-state index in [1.54, 1.807) is 0 Å². The topological polar surface area (TPSA) is 46.3 Å². The van der Waals surface area contributed by atoms with Crippen molar-refractivity contribution in [2.24, 2.45) is 11.7 Å². The van der Waals surface area contributed by atoms with Crippen LogP contribution in [-0.4, -0.2) is 23.9 Å². The fraction of sp³-hybridized carbons (Fsp3) is 0.400. The summed E-state index contributed by atoms with van der Waals surface area (Å²) in [7, 11) is 0. The number of allylic oxidation sites excluding steroid dienone is 1. The Balaban J connectivity index is 2.03. The van der Waals surface area contributed by atoms with Crippen LogP contribution in [0.4, 0.5) is 0 Å². The monoisotopic (exact) mass is 244 g/mol. The van der Waals surface area contributed by atoms with Crippen molar-refractivity contribution in [3.05, 3.63) is 48.0 Å². The summed E-state index contributed by atoms with van der Waals surface area (Å²) in [5, 5.41) is 0. The Morgan fingerprint density at radius 1 is 1.28 bits per heavy atom. The fourth-order valence-corrected chi connectivity index (χ4v) is 2.32. The van der Waals surface area contributed by atoms with Crippen LogP contribution >= 0.6 is 0 Å². The zero-order valence-corrected chi connectivity index (χ0v) is 10.6. The molecule has 1 amide bonds. The average Bonchev–Trinajstić information content (AvgIpc) is 2.33. The second kappa shape index (κ2) is 6.36. The van der Waals surface area contributed by atoms with Crippen LogP contribution < -0.4 is 5.73 Å². The summed E-state index contributed by atoms with van der Waals surface area (Å²) in [6.07, 6.45) is 6.14. The maximum atomic E-state index is 11.4. The Morgan fingerprint density at radius 2 is 2.06 bits per heavy atom. The highest BCUT2D eigenvalue weighted by molar-refractivity contribution is 5.76. The molecule has 2 N–H and O–H groups in total. The van der Waals surface area contributed by atoms with Gasteiger partial charge < -0.3 is 5.73 Å². The van der Waals surface area contributed by atoms with Gasteiger partial charge in [0.25, 0.3) is 0 Å². The van der Waals surface area contributed by atoms with E-state index in [4.69, 9.17) is 5.73 Å². The molecule has 0 saturated carbocycles. The summed E-state index contributed by atoms with van der Waals surface area (Å²) in [6, 6.07) is 10.3. The number of primary amides is 1. The van der Waals surface area contributed by atoms with E-state index in [-0.39, 0.29) is 11.8 Å². The molecule has 0 saturated heterocycles. The van der Waals surface area contributed by atoms with Crippen LogP contribution in [-0.2, 0) is 11.3 Å². The molecular formula is C15H20N2O. The first-order valence-electron chi connectivity index (χ1n) is 6.46. The van der Waals surface area contributed by atoms with Crippen LogP contribution in [0.5, 0.6) is 0 Å². The highest BCUT2D eigenvalue weighted by Gasteiger charge is 2.19. The van der Waals surface area contributed by atoms with E-state index in [2.05, 4.69) is 29.2 Å². The maximum absolute atomic E-state index is 11.4. The van der Waals surface area contributed by atoms with E-state index < -0.39 is 0 Å². The number of benzene rings is 1. The standard InChI is InChI=1S/C15H20N2O/c16-15(18)14-9-5-2-6-10-17(12-14)11-13-7-3-1-4-8-13/h1-4,6-8,14H,5,9-12H2,(H2,16,18)/b6-2-. The van der Waals surface area contributed by atoms with Gasteiger partial charge in [-0.2, -0.15) is 0 Å². The number of nitrogens with zero attached hydrogens (tertiary/aromatic N) is 1. The van der Waals surface area contributed by atoms with Crippen LogP contribution in [0.3, 0.4) is 0 Å². The smallest absolute Gasteiger partial charge is 0.221 e. The number of nitrogens with two attached hydrogens (primary N) is 1. The number of carbonyl (C=O) groups excluding carboxylic acids is 1. The molecule has 0 radical (unpaired) electrons. The van der Waals surface area contributed by atoms with Crippen LogP contribution in [0.2, 0.25) is 0 Å². The summed E-state index contributed by atoms with van der Waals surface area (Å²) in [5.41, 5.74) is 6.73. The Morgan fingerprint density at radius 3 is 2.78 bits per heavy atom. The second-order valence-electron chi connectivity index (χ2n) is 4.83. The van der Waals surface area contributed by atoms with E-state index in [0.29, 0.717) is 0 Å². The molecular weight excluding hydrogens is 224 g/mol. The zero-order valence-electron chi connectivity index (χ0n) is 10.6. The Labute approximate surface area is 108 Å². The Bertz CT molecular complexity index is 414. The van der Waals surface area contributed by atoms with Gasteiger partial charge in [0.15, 0.2) is 0 Å². The van der Waals surface area contributed by atoms with Gasteiger partial charge in [-0.1, -0.05) is 42.5 Å². The van der Waals surface area contributed by atoms with Crippen LogP contribution in [0.25, 0.3) is 0 Å². The summed E-state index contributed by atoms with van der Waals surface area (Å²) >= 11 is 0. The van der Waals surface area contributed by atoms with Gasteiger partial charge in [0.1, 0.15) is 0 Å². The molecule has 3 heteroatoms. The first kappa shape index (κ1) is 12.8. The molecule has 1 aromatic rings. The number of rotatable bonds is 3. The van der Waals surface area contributed by atoms with E-state index in [1.165, 1.54) is 5.56 Å². The third-order valence-electron chi connectivity index (χ3n) is 3.34. The molecule has 0 spiro atoms. The molecule has 1 unspecified atom stereocenters. The predicted molar refractivity (Wildman–Crippen MR) is 72.8 cm³/mol. The largest absolute Gasteiger partial charge is 0.369 e. The molecule has 96 valence electrons. The van der Waals surface area contributed by atoms with Crippen molar-refractivity contribution in [2.75, 3.05) is 13.1 Å². The molecule has 2 rings (SSSR count). The lowest BCUT2D eigenvalue weighted by Crippen LogP contribution is -2.36. The number of hydrogen-bond donors (Lipinski definition) is 1. The first-order valence-corrected chi connectivity index (χ1v) is 6.46. The molecule has 1 aliphatic heterocycles. The third-order valence-corrected chi connectivity index (χ3v) is 3.34. The molecule has 3 nitrogen and oxygen atoms in total. The maximum Gasteiger partial charge on any atom is 0.221 e. The second-order valence-corrected chi connectivity index (χ2v) is 4.83. The minimum atomic E-state index is -0.177. The van der Waals surface area contributed by atoms with Gasteiger partial charge >= 0.3 is 0 Å². The summed E-state index contributed by atoms with van der Waals surface area (Å²) in [4.78, 5) is 13.7. The molecule has 0 aromatic heterocycles. The van der Waals surface area contributed by atoms with Crippen molar-refractivity contribution >= 4 is 5.91 Å². The van der Waals surface area contributed by atoms with Gasteiger partial charge in [0.2, 0.25) is 5.91 Å². The summed E-state index contributed by atoms with van der Waals surface area (Å²) < 4.78 is 0. The predicted octanol–water partition coefficient (Wildman–Crippen LogP) is 1.94. The van der Waals surface area contributed by atoms with Crippen LogP contribution in [0.15, 0.2) is 42.5 Å². The van der Waals surface area contributed by atoms with Gasteiger partial charge in [-0.15, -0.1) is 0 Å². The van der Waals surface area contributed by atoms with Crippen LogP contribution in [0.1, 0.15) is 18.4 Å². The van der Waals surface area contributed by atoms with Crippen LogP contribution in [0, 0.1) is 5.92 Å². The molecule has 1 heterocycles. The minimum absolute atomic E-state index is 0.0290. The lowest BCUT2D eigenvalue weighted by atomic mass is 10.00. The zero-order chi connectivity index (χ0) is 12.8. The van der Waals surface area contributed by atoms with Gasteiger partial charge in [-0.05, 0) is 18.4 Å². The third kappa shape index (κ3) is 3.70. The van der Waals surface area contributed by atoms with Gasteiger partial charge in [-0.3, -0.25) is 9.69 Å². The van der Waals surface area contributed by atoms with E-state index in [1.807, 2.05) is 18.2 Å². The van der Waals surface area contributed by atoms with Crippen molar-refractivity contribution in [3.63, 3.8) is 0 Å². The average molecular weight is 244 g/mol. The number of hydrogen-bond acceptors (Lipinski definition) is 2. The normalized spacial score (nSPS) is 23.0. The van der Waals surface area contributed by atoms with Crippen molar-refractivity contribution in [1.82, 2.24) is 4.90 Å². The van der Waals surface area contributed by atoms with E-state index in [9.17, 15) is 4.79 Å². The highest BCUT2D eigenvalue weighted by Crippen LogP contribution is 2.14. The summed E-state index contributed by atoms with van der Waals surface area (Å²) in [5.74, 6) is -0.206.